The van der Waals surface area contributed by atoms with Gasteiger partial charge in [0.25, 0.3) is 0 Å². The Kier molecular flexibility index (Phi) is 6.27. The zero-order valence-electron chi connectivity index (χ0n) is 13.2. The highest BCUT2D eigenvalue weighted by Gasteiger charge is 2.14. The number of amides is 1. The second-order valence-corrected chi connectivity index (χ2v) is 4.84. The van der Waals surface area contributed by atoms with Crippen molar-refractivity contribution in [1.29, 1.82) is 0 Å². The fourth-order valence-electron chi connectivity index (χ4n) is 2.23. The lowest BCUT2D eigenvalue weighted by molar-refractivity contribution is -0.129. The molecule has 5 heteroatoms. The van der Waals surface area contributed by atoms with E-state index in [9.17, 15) is 4.79 Å². The van der Waals surface area contributed by atoms with Crippen LogP contribution in [0.15, 0.2) is 24.3 Å². The molecule has 0 radical (unpaired) electrons. The summed E-state index contributed by atoms with van der Waals surface area (Å²) in [5.74, 6) is 1.43. The molecule has 1 amide bonds. The molecule has 0 saturated carbocycles. The van der Waals surface area contributed by atoms with Crippen LogP contribution in [0.2, 0.25) is 0 Å². The van der Waals surface area contributed by atoms with Gasteiger partial charge in [-0.05, 0) is 37.6 Å². The van der Waals surface area contributed by atoms with Gasteiger partial charge in [0, 0.05) is 19.2 Å². The molecule has 22 heavy (non-hydrogen) atoms. The fourth-order valence-corrected chi connectivity index (χ4v) is 2.23. The van der Waals surface area contributed by atoms with Crippen molar-refractivity contribution in [3.63, 3.8) is 0 Å². The molecule has 0 N–H and O–H groups in total. The zero-order chi connectivity index (χ0) is 15.8. The standard InChI is InChI=1S/C17H23NO4/c1-3-21-15-7-5-14(13-16(15)22-4-2)6-8-17(19)18-9-11-20-12-10-18/h5-8,13H,3-4,9-12H2,1-2H3. The first-order valence-electron chi connectivity index (χ1n) is 7.69. The van der Waals surface area contributed by atoms with Crippen LogP contribution in [0.3, 0.4) is 0 Å². The molecule has 1 saturated heterocycles. The Labute approximate surface area is 131 Å². The molecule has 1 aliphatic rings. The third kappa shape index (κ3) is 4.49. The third-order valence-electron chi connectivity index (χ3n) is 3.31. The van der Waals surface area contributed by atoms with Crippen molar-refractivity contribution >= 4 is 12.0 Å². The smallest absolute Gasteiger partial charge is 0.246 e. The average molecular weight is 305 g/mol. The van der Waals surface area contributed by atoms with Gasteiger partial charge < -0.3 is 19.1 Å². The van der Waals surface area contributed by atoms with Crippen LogP contribution in [0.25, 0.3) is 6.08 Å². The minimum atomic E-state index is 0.00939. The number of nitrogens with zero attached hydrogens (tertiary/aromatic N) is 1. The summed E-state index contributed by atoms with van der Waals surface area (Å²) >= 11 is 0. The van der Waals surface area contributed by atoms with Gasteiger partial charge in [0.05, 0.1) is 26.4 Å². The molecule has 0 spiro atoms. The SMILES string of the molecule is CCOc1ccc(C=CC(=O)N2CCOCC2)cc1OCC. The Morgan fingerprint density at radius 1 is 1.18 bits per heavy atom. The molecule has 0 aliphatic carbocycles. The molecule has 0 atom stereocenters. The van der Waals surface area contributed by atoms with Crippen LogP contribution in [0.5, 0.6) is 11.5 Å². The van der Waals surface area contributed by atoms with Crippen molar-refractivity contribution in [2.24, 2.45) is 0 Å². The van der Waals surface area contributed by atoms with Gasteiger partial charge >= 0.3 is 0 Å². The lowest BCUT2D eigenvalue weighted by atomic mass is 10.2. The van der Waals surface area contributed by atoms with E-state index in [0.717, 1.165) is 11.3 Å². The molecule has 1 aliphatic heterocycles. The van der Waals surface area contributed by atoms with Crippen LogP contribution in [0.1, 0.15) is 19.4 Å². The van der Waals surface area contributed by atoms with Crippen LogP contribution >= 0.6 is 0 Å². The second-order valence-electron chi connectivity index (χ2n) is 4.84. The molecule has 0 unspecified atom stereocenters. The highest BCUT2D eigenvalue weighted by molar-refractivity contribution is 5.91. The van der Waals surface area contributed by atoms with Gasteiger partial charge in [-0.1, -0.05) is 6.07 Å². The van der Waals surface area contributed by atoms with Crippen LogP contribution in [0.4, 0.5) is 0 Å². The number of hydrogen-bond acceptors (Lipinski definition) is 4. The number of benzene rings is 1. The van der Waals surface area contributed by atoms with Crippen molar-refractivity contribution in [2.75, 3.05) is 39.5 Å². The number of hydrogen-bond donors (Lipinski definition) is 0. The molecule has 5 nitrogen and oxygen atoms in total. The topological polar surface area (TPSA) is 48.0 Å². The first kappa shape index (κ1) is 16.4. The summed E-state index contributed by atoms with van der Waals surface area (Å²) in [4.78, 5) is 13.9. The molecular formula is C17H23NO4. The summed E-state index contributed by atoms with van der Waals surface area (Å²) in [5, 5.41) is 0. The summed E-state index contributed by atoms with van der Waals surface area (Å²) in [5.41, 5.74) is 0.911. The van der Waals surface area contributed by atoms with E-state index in [1.807, 2.05) is 32.0 Å². The van der Waals surface area contributed by atoms with Crippen LogP contribution in [-0.4, -0.2) is 50.3 Å². The minimum absolute atomic E-state index is 0.00939. The fraction of sp³-hybridized carbons (Fsp3) is 0.471. The number of rotatable bonds is 6. The zero-order valence-corrected chi connectivity index (χ0v) is 13.2. The van der Waals surface area contributed by atoms with Crippen LogP contribution < -0.4 is 9.47 Å². The number of ether oxygens (including phenoxy) is 3. The van der Waals surface area contributed by atoms with Gasteiger partial charge in [0.1, 0.15) is 0 Å². The maximum absolute atomic E-state index is 12.1. The monoisotopic (exact) mass is 305 g/mol. The average Bonchev–Trinajstić information content (AvgIpc) is 2.56. The summed E-state index contributed by atoms with van der Waals surface area (Å²) in [7, 11) is 0. The second kappa shape index (κ2) is 8.44. The Balaban J connectivity index is 2.06. The van der Waals surface area contributed by atoms with E-state index in [0.29, 0.717) is 45.3 Å². The van der Waals surface area contributed by atoms with Gasteiger partial charge in [-0.2, -0.15) is 0 Å². The molecule has 1 heterocycles. The van der Waals surface area contributed by atoms with E-state index >= 15 is 0 Å². The molecule has 1 fully saturated rings. The quantitative estimate of drug-likeness (QED) is 0.757. The highest BCUT2D eigenvalue weighted by Crippen LogP contribution is 2.29. The van der Waals surface area contributed by atoms with E-state index in [1.165, 1.54) is 0 Å². The van der Waals surface area contributed by atoms with E-state index in [1.54, 1.807) is 17.1 Å². The van der Waals surface area contributed by atoms with Crippen LogP contribution in [-0.2, 0) is 9.53 Å². The minimum Gasteiger partial charge on any atom is -0.490 e. The van der Waals surface area contributed by atoms with Gasteiger partial charge in [-0.3, -0.25) is 4.79 Å². The van der Waals surface area contributed by atoms with E-state index in [4.69, 9.17) is 14.2 Å². The molecular weight excluding hydrogens is 282 g/mol. The normalized spacial score (nSPS) is 15.1. The number of carbonyl (C=O) groups is 1. The number of morpholine rings is 1. The highest BCUT2D eigenvalue weighted by atomic mass is 16.5. The van der Waals surface area contributed by atoms with Crippen LogP contribution in [0, 0.1) is 0 Å². The molecule has 0 aromatic heterocycles. The summed E-state index contributed by atoms with van der Waals surface area (Å²) < 4.78 is 16.4. The van der Waals surface area contributed by atoms with Gasteiger partial charge in [-0.15, -0.1) is 0 Å². The molecule has 1 aromatic rings. The molecule has 1 aromatic carbocycles. The number of carbonyl (C=O) groups excluding carboxylic acids is 1. The van der Waals surface area contributed by atoms with Crippen molar-refractivity contribution in [3.8, 4) is 11.5 Å². The Bertz CT molecular complexity index is 521. The van der Waals surface area contributed by atoms with E-state index < -0.39 is 0 Å². The largest absolute Gasteiger partial charge is 0.490 e. The van der Waals surface area contributed by atoms with Gasteiger partial charge in [0.15, 0.2) is 11.5 Å². The predicted molar refractivity (Wildman–Crippen MR) is 85.2 cm³/mol. The van der Waals surface area contributed by atoms with E-state index in [-0.39, 0.29) is 5.91 Å². The van der Waals surface area contributed by atoms with Crippen molar-refractivity contribution in [3.05, 3.63) is 29.8 Å². The first-order valence-corrected chi connectivity index (χ1v) is 7.69. The lowest BCUT2D eigenvalue weighted by Crippen LogP contribution is -2.39. The van der Waals surface area contributed by atoms with Crippen molar-refractivity contribution in [1.82, 2.24) is 4.90 Å². The Morgan fingerprint density at radius 3 is 2.55 bits per heavy atom. The maximum Gasteiger partial charge on any atom is 0.246 e. The lowest BCUT2D eigenvalue weighted by Gasteiger charge is -2.25. The van der Waals surface area contributed by atoms with E-state index in [2.05, 4.69) is 0 Å². The first-order chi connectivity index (χ1) is 10.7. The summed E-state index contributed by atoms with van der Waals surface area (Å²) in [6.45, 7) is 7.54. The molecule has 2 rings (SSSR count). The summed E-state index contributed by atoms with van der Waals surface area (Å²) in [6.07, 6.45) is 3.40. The Morgan fingerprint density at radius 2 is 1.86 bits per heavy atom. The van der Waals surface area contributed by atoms with Gasteiger partial charge in [-0.25, -0.2) is 0 Å². The molecule has 120 valence electrons. The van der Waals surface area contributed by atoms with Crippen molar-refractivity contribution < 1.29 is 19.0 Å². The predicted octanol–water partition coefficient (Wildman–Crippen LogP) is 2.36. The molecule has 0 bridgehead atoms. The van der Waals surface area contributed by atoms with Gasteiger partial charge in [0.2, 0.25) is 5.91 Å². The Hall–Kier alpha value is -2.01. The summed E-state index contributed by atoms with van der Waals surface area (Å²) in [6, 6.07) is 5.67. The maximum atomic E-state index is 12.1. The third-order valence-corrected chi connectivity index (χ3v) is 3.31. The van der Waals surface area contributed by atoms with Crippen molar-refractivity contribution in [2.45, 2.75) is 13.8 Å².